The van der Waals surface area contributed by atoms with Gasteiger partial charge in [0.25, 0.3) is 0 Å². The number of hydrogen-bond donors (Lipinski definition) is 3. The highest BCUT2D eigenvalue weighted by Crippen LogP contribution is 2.30. The maximum absolute atomic E-state index is 10.7. The highest BCUT2D eigenvalue weighted by molar-refractivity contribution is 5.85. The smallest absolute Gasteiger partial charge is 0.309 e. The van der Waals surface area contributed by atoms with Gasteiger partial charge in [0.2, 0.25) is 0 Å². The molecule has 0 aromatic rings. The quantitative estimate of drug-likeness (QED) is 0.592. The number of carboxylic acid groups (broad SMARTS) is 3. The van der Waals surface area contributed by atoms with Gasteiger partial charge in [-0.2, -0.15) is 0 Å². The largest absolute Gasteiger partial charge is 0.481 e. The lowest BCUT2D eigenvalue weighted by Crippen LogP contribution is -2.39. The highest BCUT2D eigenvalue weighted by atomic mass is 16.4. The number of carbonyl (C=O) groups is 3. The second-order valence-electron chi connectivity index (χ2n) is 3.52. The number of rotatable bonds is 5. The molecule has 0 rings (SSSR count). The summed E-state index contributed by atoms with van der Waals surface area (Å²) in [5.74, 6) is -5.50. The van der Waals surface area contributed by atoms with E-state index >= 15 is 0 Å². The Kier molecular flexibility index (Phi) is 3.62. The zero-order valence-electron chi connectivity index (χ0n) is 7.85. The fraction of sp³-hybridized carbons (Fsp3) is 0.625. The van der Waals surface area contributed by atoms with Crippen LogP contribution in [0.25, 0.3) is 0 Å². The first-order valence-electron chi connectivity index (χ1n) is 3.87. The first-order chi connectivity index (χ1) is 6.19. The Hall–Kier alpha value is -1.59. The van der Waals surface area contributed by atoms with Gasteiger partial charge in [0.05, 0.1) is 17.8 Å². The van der Waals surface area contributed by atoms with Crippen molar-refractivity contribution >= 4 is 17.9 Å². The van der Waals surface area contributed by atoms with Gasteiger partial charge in [-0.25, -0.2) is 0 Å². The van der Waals surface area contributed by atoms with E-state index in [0.29, 0.717) is 0 Å². The van der Waals surface area contributed by atoms with E-state index in [1.54, 1.807) is 0 Å². The van der Waals surface area contributed by atoms with Gasteiger partial charge in [-0.1, -0.05) is 0 Å². The first-order valence-corrected chi connectivity index (χ1v) is 3.87. The van der Waals surface area contributed by atoms with Crippen molar-refractivity contribution in [1.82, 2.24) is 0 Å². The molecule has 1 atom stereocenters. The summed E-state index contributed by atoms with van der Waals surface area (Å²) in [6.07, 6.45) is -0.700. The molecule has 1 unspecified atom stereocenters. The molecule has 0 fully saturated rings. The number of hydrogen-bond acceptors (Lipinski definition) is 3. The minimum atomic E-state index is -1.59. The van der Waals surface area contributed by atoms with Crippen molar-refractivity contribution in [1.29, 1.82) is 0 Å². The third-order valence-corrected chi connectivity index (χ3v) is 2.10. The van der Waals surface area contributed by atoms with Crippen LogP contribution < -0.4 is 0 Å². The Morgan fingerprint density at radius 2 is 1.57 bits per heavy atom. The summed E-state index contributed by atoms with van der Waals surface area (Å²) in [4.78, 5) is 31.7. The fourth-order valence-corrected chi connectivity index (χ4v) is 0.975. The second kappa shape index (κ2) is 4.08. The summed E-state index contributed by atoms with van der Waals surface area (Å²) in [5.41, 5.74) is -1.59. The van der Waals surface area contributed by atoms with Crippen LogP contribution in [0.2, 0.25) is 0 Å². The van der Waals surface area contributed by atoms with Crippen LogP contribution in [0, 0.1) is 11.3 Å². The SMILES string of the molecule is CC(C)(C(=O)O)C(CC(=O)O)C(=O)O. The van der Waals surface area contributed by atoms with E-state index in [1.807, 2.05) is 0 Å². The van der Waals surface area contributed by atoms with E-state index < -0.39 is 35.7 Å². The molecular weight excluding hydrogens is 192 g/mol. The van der Waals surface area contributed by atoms with Crippen LogP contribution in [0.5, 0.6) is 0 Å². The molecule has 14 heavy (non-hydrogen) atoms. The zero-order valence-corrected chi connectivity index (χ0v) is 7.85. The van der Waals surface area contributed by atoms with Crippen molar-refractivity contribution in [3.05, 3.63) is 0 Å². The third kappa shape index (κ3) is 2.72. The van der Waals surface area contributed by atoms with Gasteiger partial charge in [0.1, 0.15) is 0 Å². The molecule has 6 heteroatoms. The van der Waals surface area contributed by atoms with Crippen LogP contribution >= 0.6 is 0 Å². The summed E-state index contributed by atoms with van der Waals surface area (Å²) in [6, 6.07) is 0. The van der Waals surface area contributed by atoms with Crippen LogP contribution in [0.4, 0.5) is 0 Å². The van der Waals surface area contributed by atoms with E-state index in [1.165, 1.54) is 13.8 Å². The van der Waals surface area contributed by atoms with Crippen LogP contribution in [0.15, 0.2) is 0 Å². The van der Waals surface area contributed by atoms with Gasteiger partial charge in [0, 0.05) is 0 Å². The van der Waals surface area contributed by atoms with Gasteiger partial charge in [-0.05, 0) is 13.8 Å². The molecule has 0 aliphatic heterocycles. The zero-order chi connectivity index (χ0) is 11.5. The Morgan fingerprint density at radius 1 is 1.14 bits per heavy atom. The monoisotopic (exact) mass is 204 g/mol. The predicted octanol–water partition coefficient (Wildman–Crippen LogP) is 0.273. The van der Waals surface area contributed by atoms with E-state index in [-0.39, 0.29) is 0 Å². The van der Waals surface area contributed by atoms with Crippen molar-refractivity contribution in [2.45, 2.75) is 20.3 Å². The minimum Gasteiger partial charge on any atom is -0.481 e. The van der Waals surface area contributed by atoms with Gasteiger partial charge < -0.3 is 15.3 Å². The average molecular weight is 204 g/mol. The maximum atomic E-state index is 10.7. The average Bonchev–Trinajstić information content (AvgIpc) is 1.98. The Balaban J connectivity index is 4.91. The molecule has 0 spiro atoms. The van der Waals surface area contributed by atoms with Crippen molar-refractivity contribution in [3.63, 3.8) is 0 Å². The summed E-state index contributed by atoms with van der Waals surface area (Å²) in [6.45, 7) is 2.38. The molecule has 0 aromatic carbocycles. The topological polar surface area (TPSA) is 112 Å². The molecule has 6 nitrogen and oxygen atoms in total. The van der Waals surface area contributed by atoms with E-state index in [4.69, 9.17) is 15.3 Å². The lowest BCUT2D eigenvalue weighted by Gasteiger charge is -2.25. The molecule has 0 aliphatic rings. The van der Waals surface area contributed by atoms with Crippen LogP contribution in [0.3, 0.4) is 0 Å². The van der Waals surface area contributed by atoms with Crippen LogP contribution in [-0.4, -0.2) is 33.2 Å². The molecule has 80 valence electrons. The Morgan fingerprint density at radius 3 is 1.79 bits per heavy atom. The normalized spacial score (nSPS) is 13.3. The molecule has 0 radical (unpaired) electrons. The minimum absolute atomic E-state index is 0.700. The van der Waals surface area contributed by atoms with Crippen molar-refractivity contribution < 1.29 is 29.7 Å². The summed E-state index contributed by atoms with van der Waals surface area (Å²) >= 11 is 0. The fourth-order valence-electron chi connectivity index (χ4n) is 0.975. The van der Waals surface area contributed by atoms with Crippen molar-refractivity contribution in [2.75, 3.05) is 0 Å². The standard InChI is InChI=1S/C8H12O6/c1-8(2,7(13)14)4(6(11)12)3-5(9)10/h4H,3H2,1-2H3,(H,9,10)(H,11,12)(H,13,14). The molecule has 0 heterocycles. The van der Waals surface area contributed by atoms with Gasteiger partial charge >= 0.3 is 17.9 Å². The number of carboxylic acids is 3. The number of aliphatic carboxylic acids is 3. The molecule has 0 amide bonds. The second-order valence-corrected chi connectivity index (χ2v) is 3.52. The van der Waals surface area contributed by atoms with Gasteiger partial charge in [-0.15, -0.1) is 0 Å². The summed E-state index contributed by atoms with van der Waals surface area (Å²) in [7, 11) is 0. The molecule has 0 saturated heterocycles. The maximum Gasteiger partial charge on any atom is 0.309 e. The lowest BCUT2D eigenvalue weighted by atomic mass is 9.77. The highest BCUT2D eigenvalue weighted by Gasteiger charge is 2.42. The molecule has 0 aromatic heterocycles. The Bertz CT molecular complexity index is 267. The van der Waals surface area contributed by atoms with Crippen molar-refractivity contribution in [3.8, 4) is 0 Å². The third-order valence-electron chi connectivity index (χ3n) is 2.10. The molecule has 0 aliphatic carbocycles. The lowest BCUT2D eigenvalue weighted by molar-refractivity contribution is -0.163. The molecule has 0 bridgehead atoms. The Labute approximate surface area is 80.2 Å². The molecule has 3 N–H and O–H groups in total. The first kappa shape index (κ1) is 12.4. The van der Waals surface area contributed by atoms with Crippen LogP contribution in [-0.2, 0) is 14.4 Å². The molecule has 0 saturated carbocycles. The molecular formula is C8H12O6. The van der Waals surface area contributed by atoms with Crippen LogP contribution in [0.1, 0.15) is 20.3 Å². The van der Waals surface area contributed by atoms with Gasteiger partial charge in [-0.3, -0.25) is 14.4 Å². The van der Waals surface area contributed by atoms with E-state index in [2.05, 4.69) is 0 Å². The van der Waals surface area contributed by atoms with Crippen molar-refractivity contribution in [2.24, 2.45) is 11.3 Å². The van der Waals surface area contributed by atoms with E-state index in [0.717, 1.165) is 0 Å². The predicted molar refractivity (Wildman–Crippen MR) is 44.8 cm³/mol. The summed E-state index contributed by atoms with van der Waals surface area (Å²) in [5, 5.41) is 25.8. The summed E-state index contributed by atoms with van der Waals surface area (Å²) < 4.78 is 0. The van der Waals surface area contributed by atoms with E-state index in [9.17, 15) is 14.4 Å². The van der Waals surface area contributed by atoms with Gasteiger partial charge in [0.15, 0.2) is 0 Å².